The van der Waals surface area contributed by atoms with Crippen molar-refractivity contribution < 1.29 is 27.4 Å². The third kappa shape index (κ3) is 7.64. The third-order valence-corrected chi connectivity index (χ3v) is 7.79. The van der Waals surface area contributed by atoms with Crippen LogP contribution in [0.4, 0.5) is 18.9 Å². The van der Waals surface area contributed by atoms with E-state index >= 15 is 0 Å². The maximum atomic E-state index is 12.8. The second kappa shape index (κ2) is 13.2. The van der Waals surface area contributed by atoms with Gasteiger partial charge in [0, 0.05) is 12.0 Å². The number of rotatable bonds is 8. The highest BCUT2D eigenvalue weighted by molar-refractivity contribution is 8.15. The quantitative estimate of drug-likeness (QED) is 0.188. The lowest BCUT2D eigenvalue weighted by atomic mass is 9.99. The molecule has 4 aromatic rings. The molecule has 1 fully saturated rings. The zero-order chi connectivity index (χ0) is 31.4. The van der Waals surface area contributed by atoms with E-state index in [0.29, 0.717) is 29.7 Å². The fraction of sp³-hybridized carbons (Fsp3) is 0.258. The van der Waals surface area contributed by atoms with Crippen LogP contribution >= 0.6 is 24.0 Å². The van der Waals surface area contributed by atoms with Crippen LogP contribution in [0.2, 0.25) is 0 Å². The summed E-state index contributed by atoms with van der Waals surface area (Å²) in [5.74, 6) is 0.620. The number of hydrogen-bond donors (Lipinski definition) is 0. The van der Waals surface area contributed by atoms with Gasteiger partial charge < -0.3 is 9.47 Å². The van der Waals surface area contributed by atoms with E-state index in [0.717, 1.165) is 27.9 Å². The molecule has 0 saturated carbocycles. The summed E-state index contributed by atoms with van der Waals surface area (Å²) in [7, 11) is 0. The molecule has 13 heteroatoms. The van der Waals surface area contributed by atoms with Crippen LogP contribution in [0.3, 0.4) is 0 Å². The Bertz CT molecular complexity index is 1690. The van der Waals surface area contributed by atoms with Crippen molar-refractivity contribution >= 4 is 45.9 Å². The summed E-state index contributed by atoms with van der Waals surface area (Å²) in [5, 5.41) is 5.00. The number of carbonyl (C=O) groups excluding carboxylic acids is 1. The normalized spacial score (nSPS) is 14.5. The third-order valence-electron chi connectivity index (χ3n) is 6.66. The molecule has 0 atom stereocenters. The van der Waals surface area contributed by atoms with Crippen molar-refractivity contribution in [1.82, 2.24) is 14.8 Å². The molecule has 1 amide bonds. The number of amides is 1. The number of nitrogens with zero attached hydrogens (tertiary/aromatic N) is 5. The van der Waals surface area contributed by atoms with Gasteiger partial charge in [-0.2, -0.15) is 4.99 Å². The van der Waals surface area contributed by atoms with Crippen molar-refractivity contribution in [3.8, 4) is 22.8 Å². The van der Waals surface area contributed by atoms with E-state index in [2.05, 4.69) is 33.7 Å². The molecule has 1 aliphatic heterocycles. The number of amidine groups is 1. The van der Waals surface area contributed by atoms with Gasteiger partial charge in [0.2, 0.25) is 5.91 Å². The van der Waals surface area contributed by atoms with E-state index in [1.54, 1.807) is 4.90 Å². The number of thiocarbonyl (C=S) groups is 1. The van der Waals surface area contributed by atoms with Gasteiger partial charge in [-0.15, -0.1) is 18.3 Å². The molecule has 5 rings (SSSR count). The van der Waals surface area contributed by atoms with Crippen LogP contribution in [-0.4, -0.2) is 49.7 Å². The van der Waals surface area contributed by atoms with Crippen molar-refractivity contribution in [3.05, 3.63) is 89.7 Å². The minimum absolute atomic E-state index is 0.0445. The smallest absolute Gasteiger partial charge is 0.469 e. The number of carbonyl (C=O) groups is 1. The van der Waals surface area contributed by atoms with Gasteiger partial charge in [0.1, 0.15) is 12.1 Å². The molecule has 0 aliphatic carbocycles. The Hall–Kier alpha value is -4.23. The first kappa shape index (κ1) is 31.2. The molecular formula is C31H28F3N5O3S2. The van der Waals surface area contributed by atoms with Crippen molar-refractivity contribution in [2.24, 2.45) is 4.99 Å². The number of aromatic nitrogens is 3. The van der Waals surface area contributed by atoms with Crippen LogP contribution < -0.4 is 9.64 Å². The highest BCUT2D eigenvalue weighted by Gasteiger charge is 2.32. The van der Waals surface area contributed by atoms with Crippen molar-refractivity contribution in [1.29, 1.82) is 0 Å². The summed E-state index contributed by atoms with van der Waals surface area (Å²) in [5.41, 5.74) is 5.24. The Balaban J connectivity index is 1.17. The number of aliphatic imine (C=N–C) groups is 1. The van der Waals surface area contributed by atoms with Gasteiger partial charge in [-0.1, -0.05) is 62.0 Å². The maximum Gasteiger partial charge on any atom is 0.573 e. The van der Waals surface area contributed by atoms with Crippen LogP contribution in [0.15, 0.2) is 78.0 Å². The number of hydrogen-bond acceptors (Lipinski definition) is 7. The van der Waals surface area contributed by atoms with E-state index in [4.69, 9.17) is 17.0 Å². The van der Waals surface area contributed by atoms with Crippen molar-refractivity contribution in [3.63, 3.8) is 0 Å². The first-order chi connectivity index (χ1) is 21.0. The van der Waals surface area contributed by atoms with E-state index in [1.165, 1.54) is 47.0 Å². The zero-order valence-corrected chi connectivity index (χ0v) is 25.7. The molecule has 0 radical (unpaired) electrons. The highest BCUT2D eigenvalue weighted by atomic mass is 32.2. The van der Waals surface area contributed by atoms with Crippen LogP contribution in [0.1, 0.15) is 36.5 Å². The van der Waals surface area contributed by atoms with Gasteiger partial charge in [-0.25, -0.2) is 9.67 Å². The van der Waals surface area contributed by atoms with Crippen molar-refractivity contribution in [2.45, 2.75) is 39.5 Å². The van der Waals surface area contributed by atoms with E-state index < -0.39 is 6.36 Å². The molecule has 8 nitrogen and oxygen atoms in total. The largest absolute Gasteiger partial charge is 0.573 e. The summed E-state index contributed by atoms with van der Waals surface area (Å²) in [6.07, 6.45) is -2.69. The molecular weight excluding hydrogens is 612 g/mol. The number of ether oxygens (including phenoxy) is 2. The standard InChI is InChI=1S/C31H28F3N5O3S2/c1-19(2)25-13-4-20(3)16-26(25)39-27(40)17-44-29(39)36-30(43)41-15-14-21-5-7-22(8-6-21)28-35-18-38(37-28)23-9-11-24(12-10-23)42-31(32,33)34/h4-13,16,18-19H,14-15,17H2,1-3H3. The van der Waals surface area contributed by atoms with Gasteiger partial charge in [-0.3, -0.25) is 9.69 Å². The predicted octanol–water partition coefficient (Wildman–Crippen LogP) is 7.24. The Morgan fingerprint density at radius 1 is 1.09 bits per heavy atom. The van der Waals surface area contributed by atoms with Crippen LogP contribution in [0.25, 0.3) is 17.1 Å². The SMILES string of the molecule is Cc1ccc(C(C)C)c(N2C(=O)CSC2=NC(=S)OCCc2ccc(-c3ncn(-c4ccc(OC(F)(F)F)cc4)n3)cc2)c1. The molecule has 0 bridgehead atoms. The Morgan fingerprint density at radius 2 is 1.82 bits per heavy atom. The molecule has 44 heavy (non-hydrogen) atoms. The lowest BCUT2D eigenvalue weighted by Crippen LogP contribution is -2.31. The first-order valence-corrected chi connectivity index (χ1v) is 15.0. The lowest BCUT2D eigenvalue weighted by molar-refractivity contribution is -0.274. The zero-order valence-electron chi connectivity index (χ0n) is 24.0. The number of aryl methyl sites for hydroxylation is 1. The summed E-state index contributed by atoms with van der Waals surface area (Å²) in [6, 6.07) is 19.0. The summed E-state index contributed by atoms with van der Waals surface area (Å²) in [4.78, 5) is 23.2. The number of benzene rings is 3. The molecule has 1 aromatic heterocycles. The number of thioether (sulfide) groups is 1. The molecule has 1 aliphatic rings. The van der Waals surface area contributed by atoms with Gasteiger partial charge in [0.15, 0.2) is 11.0 Å². The lowest BCUT2D eigenvalue weighted by Gasteiger charge is -2.22. The summed E-state index contributed by atoms with van der Waals surface area (Å²) in [6.45, 7) is 6.47. The van der Waals surface area contributed by atoms with E-state index in [9.17, 15) is 18.0 Å². The van der Waals surface area contributed by atoms with Crippen LogP contribution in [0.5, 0.6) is 5.75 Å². The van der Waals surface area contributed by atoms with Gasteiger partial charge >= 0.3 is 6.36 Å². The second-order valence-electron chi connectivity index (χ2n) is 10.2. The Morgan fingerprint density at radius 3 is 2.50 bits per heavy atom. The average molecular weight is 640 g/mol. The molecule has 228 valence electrons. The number of alkyl halides is 3. The number of anilines is 1. The monoisotopic (exact) mass is 639 g/mol. The molecule has 2 heterocycles. The van der Waals surface area contributed by atoms with Crippen LogP contribution in [0, 0.1) is 6.92 Å². The van der Waals surface area contributed by atoms with E-state index in [1.807, 2.05) is 49.4 Å². The highest BCUT2D eigenvalue weighted by Crippen LogP contribution is 2.34. The van der Waals surface area contributed by atoms with Gasteiger partial charge in [0.05, 0.1) is 23.7 Å². The molecule has 0 spiro atoms. The minimum atomic E-state index is -4.75. The predicted molar refractivity (Wildman–Crippen MR) is 168 cm³/mol. The average Bonchev–Trinajstić information content (AvgIpc) is 3.60. The first-order valence-electron chi connectivity index (χ1n) is 13.7. The molecule has 0 N–H and O–H groups in total. The Labute approximate surface area is 261 Å². The van der Waals surface area contributed by atoms with Crippen molar-refractivity contribution in [2.75, 3.05) is 17.3 Å². The number of halogens is 3. The molecule has 0 unspecified atom stereocenters. The van der Waals surface area contributed by atoms with E-state index in [-0.39, 0.29) is 28.5 Å². The fourth-order valence-corrected chi connectivity index (χ4v) is 5.61. The Kier molecular flexibility index (Phi) is 9.35. The second-order valence-corrected chi connectivity index (χ2v) is 11.5. The molecule has 1 saturated heterocycles. The van der Waals surface area contributed by atoms with Gasteiger partial charge in [0.25, 0.3) is 5.17 Å². The van der Waals surface area contributed by atoms with Gasteiger partial charge in [-0.05, 0) is 72.1 Å². The maximum absolute atomic E-state index is 12.8. The summed E-state index contributed by atoms with van der Waals surface area (Å²) < 4.78 is 48.3. The fourth-order valence-electron chi connectivity index (χ4n) is 4.52. The summed E-state index contributed by atoms with van der Waals surface area (Å²) >= 11 is 6.72. The topological polar surface area (TPSA) is 81.8 Å². The van der Waals surface area contributed by atoms with Crippen LogP contribution in [-0.2, 0) is 16.0 Å². The minimum Gasteiger partial charge on any atom is -0.469 e. The molecule has 3 aromatic carbocycles.